The Morgan fingerprint density at radius 1 is 0.377 bits per heavy atom. The normalized spacial score (nSPS) is 16.1. The van der Waals surface area contributed by atoms with Crippen LogP contribution in [-0.4, -0.2) is 74.2 Å². The number of carbonyl (C=O) groups is 2. The second-order valence-electron chi connectivity index (χ2n) is 22.8. The van der Waals surface area contributed by atoms with Gasteiger partial charge < -0.3 is 14.4 Å². The maximum atomic E-state index is 13.3. The zero-order valence-electron chi connectivity index (χ0n) is 47.9. The van der Waals surface area contributed by atoms with Gasteiger partial charge in [0.1, 0.15) is 0 Å². The van der Waals surface area contributed by atoms with Crippen LogP contribution in [0.4, 0.5) is 0 Å². The molecule has 0 radical (unpaired) electrons. The molecule has 410 valence electrons. The number of hydrogen-bond acceptors (Lipinski definition) is 6. The van der Waals surface area contributed by atoms with Crippen LogP contribution < -0.4 is 0 Å². The van der Waals surface area contributed by atoms with Gasteiger partial charge in [0.2, 0.25) is 0 Å². The Hall–Kier alpha value is -1.14. The van der Waals surface area contributed by atoms with Crippen LogP contribution in [0.5, 0.6) is 0 Å². The second kappa shape index (κ2) is 50.4. The lowest BCUT2D eigenvalue weighted by molar-refractivity contribution is -0.148. The molecule has 6 nitrogen and oxygen atoms in total. The smallest absolute Gasteiger partial charge is 0.320 e. The lowest BCUT2D eigenvalue weighted by Gasteiger charge is -2.29. The number of hydrogen-bond donors (Lipinski definition) is 0. The third-order valence-corrected chi connectivity index (χ3v) is 16.2. The van der Waals surface area contributed by atoms with Crippen molar-refractivity contribution in [3.05, 3.63) is 0 Å². The highest BCUT2D eigenvalue weighted by Crippen LogP contribution is 2.31. The van der Waals surface area contributed by atoms with Gasteiger partial charge in [0.15, 0.2) is 0 Å². The fourth-order valence-electron chi connectivity index (χ4n) is 11.1. The Kier molecular flexibility index (Phi) is 48.1. The average molecular weight is 974 g/mol. The molecule has 69 heavy (non-hydrogen) atoms. The standard InChI is InChI=1S/C63H124N2O4/c1-7-12-17-22-27-32-37-42-61(58(6)49-54-64(50-38-33-28-23-18-13-8-2)51-39-34-29-24-19-14-9-3)47-48-62(66)68-56-59-43-45-60(46-44-59)57-69-63(67)55-65(52-40-35-30-25-20-15-10-4)53-41-36-31-26-21-16-11-5/h58-61H,7-57H2,1-6H3. The monoisotopic (exact) mass is 973 g/mol. The molecule has 0 aliphatic heterocycles. The van der Waals surface area contributed by atoms with Crippen LogP contribution in [0.1, 0.15) is 318 Å². The molecule has 0 saturated heterocycles. The van der Waals surface area contributed by atoms with E-state index in [4.69, 9.17) is 9.47 Å². The van der Waals surface area contributed by atoms with E-state index in [-0.39, 0.29) is 11.9 Å². The SMILES string of the molecule is CCCCCCCCCC(CCC(=O)OCC1CCC(COC(=O)CN(CCCCCCCCC)CCCCCCCCC)CC1)C(C)CCN(CCCCCCCCC)CCCCCCCCC. The van der Waals surface area contributed by atoms with Crippen molar-refractivity contribution in [1.29, 1.82) is 0 Å². The fourth-order valence-corrected chi connectivity index (χ4v) is 11.1. The summed E-state index contributed by atoms with van der Waals surface area (Å²) in [6.07, 6.45) is 55.2. The van der Waals surface area contributed by atoms with Crippen molar-refractivity contribution in [1.82, 2.24) is 9.80 Å². The molecule has 1 rings (SSSR count). The summed E-state index contributed by atoms with van der Waals surface area (Å²) < 4.78 is 12.0. The van der Waals surface area contributed by atoms with E-state index in [1.165, 1.54) is 257 Å². The third kappa shape index (κ3) is 42.0. The van der Waals surface area contributed by atoms with Crippen LogP contribution in [0.3, 0.4) is 0 Å². The van der Waals surface area contributed by atoms with Crippen molar-refractivity contribution in [2.24, 2.45) is 23.7 Å². The van der Waals surface area contributed by atoms with Crippen LogP contribution in [0.25, 0.3) is 0 Å². The molecule has 1 saturated carbocycles. The summed E-state index contributed by atoms with van der Waals surface area (Å²) in [4.78, 5) is 31.7. The van der Waals surface area contributed by atoms with Crippen molar-refractivity contribution in [2.45, 2.75) is 318 Å². The Morgan fingerprint density at radius 3 is 1.07 bits per heavy atom. The molecule has 1 aliphatic carbocycles. The number of ether oxygens (including phenoxy) is 2. The van der Waals surface area contributed by atoms with Gasteiger partial charge in [-0.3, -0.25) is 14.5 Å². The van der Waals surface area contributed by atoms with Gasteiger partial charge in [0, 0.05) is 6.42 Å². The summed E-state index contributed by atoms with van der Waals surface area (Å²) in [5.41, 5.74) is 0. The first-order valence-corrected chi connectivity index (χ1v) is 31.6. The van der Waals surface area contributed by atoms with E-state index in [1.54, 1.807) is 0 Å². The lowest BCUT2D eigenvalue weighted by atomic mass is 9.82. The van der Waals surface area contributed by atoms with Crippen molar-refractivity contribution >= 4 is 11.9 Å². The maximum absolute atomic E-state index is 13.3. The number of rotatable bonds is 53. The molecule has 0 N–H and O–H groups in total. The van der Waals surface area contributed by atoms with Gasteiger partial charge in [-0.25, -0.2) is 0 Å². The lowest BCUT2D eigenvalue weighted by Crippen LogP contribution is -2.34. The topological polar surface area (TPSA) is 59.1 Å². The summed E-state index contributed by atoms with van der Waals surface area (Å²) >= 11 is 0. The van der Waals surface area contributed by atoms with Gasteiger partial charge in [-0.15, -0.1) is 0 Å². The first-order valence-electron chi connectivity index (χ1n) is 31.6. The number of esters is 2. The number of unbranched alkanes of at least 4 members (excludes halogenated alkanes) is 30. The molecule has 1 fully saturated rings. The molecule has 2 unspecified atom stereocenters. The van der Waals surface area contributed by atoms with E-state index in [2.05, 4.69) is 51.3 Å². The van der Waals surface area contributed by atoms with Gasteiger partial charge in [0.25, 0.3) is 0 Å². The highest BCUT2D eigenvalue weighted by molar-refractivity contribution is 5.71. The van der Waals surface area contributed by atoms with E-state index in [0.717, 1.165) is 45.2 Å². The van der Waals surface area contributed by atoms with E-state index in [9.17, 15) is 9.59 Å². The van der Waals surface area contributed by atoms with Crippen molar-refractivity contribution in [3.8, 4) is 0 Å². The minimum absolute atomic E-state index is 0.0138. The molecule has 0 aromatic rings. The summed E-state index contributed by atoms with van der Waals surface area (Å²) in [5.74, 6) is 2.06. The van der Waals surface area contributed by atoms with Crippen molar-refractivity contribution in [3.63, 3.8) is 0 Å². The van der Waals surface area contributed by atoms with E-state index >= 15 is 0 Å². The molecule has 0 heterocycles. The Labute approximate surface area is 432 Å². The van der Waals surface area contributed by atoms with Gasteiger partial charge in [0.05, 0.1) is 19.8 Å². The molecule has 0 aromatic heterocycles. The third-order valence-electron chi connectivity index (χ3n) is 16.2. The molecule has 0 bridgehead atoms. The zero-order chi connectivity index (χ0) is 50.1. The summed E-state index contributed by atoms with van der Waals surface area (Å²) in [6, 6.07) is 0. The highest BCUT2D eigenvalue weighted by Gasteiger charge is 2.25. The van der Waals surface area contributed by atoms with Crippen LogP contribution >= 0.6 is 0 Å². The van der Waals surface area contributed by atoms with Crippen LogP contribution in [-0.2, 0) is 19.1 Å². The van der Waals surface area contributed by atoms with Gasteiger partial charge in [-0.2, -0.15) is 0 Å². The van der Waals surface area contributed by atoms with Crippen LogP contribution in [0.2, 0.25) is 0 Å². The molecule has 0 aromatic carbocycles. The van der Waals surface area contributed by atoms with E-state index < -0.39 is 0 Å². The molecular weight excluding hydrogens is 849 g/mol. The molecule has 1 aliphatic rings. The highest BCUT2D eigenvalue weighted by atomic mass is 16.5. The van der Waals surface area contributed by atoms with Crippen LogP contribution in [0.15, 0.2) is 0 Å². The Morgan fingerprint density at radius 2 is 0.696 bits per heavy atom. The Bertz CT molecular complexity index is 1040. The molecule has 0 spiro atoms. The van der Waals surface area contributed by atoms with Crippen molar-refractivity contribution < 1.29 is 19.1 Å². The number of carbonyl (C=O) groups excluding carboxylic acids is 2. The zero-order valence-corrected chi connectivity index (χ0v) is 47.9. The quantitative estimate of drug-likeness (QED) is 0.0447. The largest absolute Gasteiger partial charge is 0.465 e. The number of nitrogens with zero attached hydrogens (tertiary/aromatic N) is 2. The maximum Gasteiger partial charge on any atom is 0.320 e. The first-order chi connectivity index (χ1) is 33.9. The Balaban J connectivity index is 2.60. The molecule has 6 heteroatoms. The molecule has 2 atom stereocenters. The van der Waals surface area contributed by atoms with Gasteiger partial charge >= 0.3 is 11.9 Å². The van der Waals surface area contributed by atoms with E-state index in [0.29, 0.717) is 49.9 Å². The summed E-state index contributed by atoms with van der Waals surface area (Å²) in [6.45, 7) is 21.3. The molecular formula is C63H124N2O4. The first kappa shape index (κ1) is 65.9. The minimum atomic E-state index is -0.0409. The summed E-state index contributed by atoms with van der Waals surface area (Å²) in [7, 11) is 0. The second-order valence-corrected chi connectivity index (χ2v) is 22.8. The minimum Gasteiger partial charge on any atom is -0.465 e. The predicted octanol–water partition coefficient (Wildman–Crippen LogP) is 19.0. The van der Waals surface area contributed by atoms with Gasteiger partial charge in [-0.1, -0.05) is 247 Å². The van der Waals surface area contributed by atoms with Crippen LogP contribution in [0, 0.1) is 23.7 Å². The molecule has 0 amide bonds. The predicted molar refractivity (Wildman–Crippen MR) is 301 cm³/mol. The van der Waals surface area contributed by atoms with Gasteiger partial charge in [-0.05, 0) is 121 Å². The summed E-state index contributed by atoms with van der Waals surface area (Å²) in [5, 5.41) is 0. The van der Waals surface area contributed by atoms with E-state index in [1.807, 2.05) is 0 Å². The van der Waals surface area contributed by atoms with Crippen molar-refractivity contribution in [2.75, 3.05) is 52.5 Å². The fraction of sp³-hybridized carbons (Fsp3) is 0.968. The average Bonchev–Trinajstić information content (AvgIpc) is 3.35.